The van der Waals surface area contributed by atoms with Gasteiger partial charge in [-0.25, -0.2) is 0 Å². The van der Waals surface area contributed by atoms with E-state index in [9.17, 15) is 9.59 Å². The van der Waals surface area contributed by atoms with Gasteiger partial charge >= 0.3 is 5.97 Å². The molecule has 1 atom stereocenters. The van der Waals surface area contributed by atoms with Gasteiger partial charge in [0.15, 0.2) is 11.5 Å². The molecule has 9 heteroatoms. The number of benzene rings is 4. The van der Waals surface area contributed by atoms with Crippen molar-refractivity contribution in [2.24, 2.45) is 5.73 Å². The van der Waals surface area contributed by atoms with Crippen molar-refractivity contribution in [2.75, 3.05) is 17.7 Å². The van der Waals surface area contributed by atoms with E-state index < -0.39 is 17.6 Å². The van der Waals surface area contributed by atoms with Crippen molar-refractivity contribution in [3.63, 3.8) is 0 Å². The minimum Gasteiger partial charge on any atom is -0.493 e. The largest absolute Gasteiger partial charge is 0.493 e. The first-order valence-corrected chi connectivity index (χ1v) is 12.4. The SMILES string of the molecule is COc1cc(C(Nc2ccc(C(=N)N)cc2)(OC(C)=O)C(=O)Nc2ccccc2)ccc1OCc1ccccc1. The van der Waals surface area contributed by atoms with Crippen LogP contribution in [-0.2, 0) is 26.7 Å². The van der Waals surface area contributed by atoms with Crippen LogP contribution >= 0.6 is 0 Å². The first kappa shape index (κ1) is 27.7. The molecule has 0 spiro atoms. The molecule has 0 aliphatic heterocycles. The predicted molar refractivity (Wildman–Crippen MR) is 153 cm³/mol. The average molecular weight is 539 g/mol. The first-order chi connectivity index (χ1) is 19.3. The number of nitrogen functional groups attached to an aromatic ring is 1. The molecule has 4 rings (SSSR count). The third-order valence-corrected chi connectivity index (χ3v) is 5.97. The minimum absolute atomic E-state index is 0.101. The summed E-state index contributed by atoms with van der Waals surface area (Å²) in [5, 5.41) is 13.6. The molecule has 0 heterocycles. The van der Waals surface area contributed by atoms with Crippen molar-refractivity contribution < 1.29 is 23.8 Å². The number of para-hydroxylation sites is 1. The summed E-state index contributed by atoms with van der Waals surface area (Å²) in [5.41, 5.74) is 6.29. The van der Waals surface area contributed by atoms with E-state index in [4.69, 9.17) is 25.4 Å². The minimum atomic E-state index is -2.01. The number of amidine groups is 1. The summed E-state index contributed by atoms with van der Waals surface area (Å²) in [5.74, 6) is -0.660. The van der Waals surface area contributed by atoms with E-state index in [1.807, 2.05) is 36.4 Å². The third kappa shape index (κ3) is 6.57. The molecule has 1 amide bonds. The van der Waals surface area contributed by atoms with Gasteiger partial charge in [0.25, 0.3) is 11.6 Å². The van der Waals surface area contributed by atoms with Gasteiger partial charge in [0, 0.05) is 29.4 Å². The molecule has 40 heavy (non-hydrogen) atoms. The van der Waals surface area contributed by atoms with Crippen molar-refractivity contribution >= 4 is 29.1 Å². The second kappa shape index (κ2) is 12.5. The van der Waals surface area contributed by atoms with Gasteiger partial charge in [-0.05, 0) is 60.2 Å². The summed E-state index contributed by atoms with van der Waals surface area (Å²) in [6, 6.07) is 29.9. The number of anilines is 2. The number of carbonyl (C=O) groups is 2. The maximum atomic E-state index is 14.0. The zero-order chi connectivity index (χ0) is 28.5. The standard InChI is InChI=1S/C31H30N4O5/c1-21(36)40-31(30(37)34-25-11-7-4-8-12-25,35-26-16-13-23(14-17-26)29(32)33)24-15-18-27(28(19-24)38-2)39-20-22-9-5-3-6-10-22/h3-19,35H,20H2,1-2H3,(H3,32,33)(H,34,37). The van der Waals surface area contributed by atoms with Crippen LogP contribution in [0.5, 0.6) is 11.5 Å². The van der Waals surface area contributed by atoms with Crippen LogP contribution < -0.4 is 25.8 Å². The van der Waals surface area contributed by atoms with Gasteiger partial charge in [-0.3, -0.25) is 15.0 Å². The van der Waals surface area contributed by atoms with E-state index in [1.54, 1.807) is 66.7 Å². The molecule has 0 saturated heterocycles. The van der Waals surface area contributed by atoms with Crippen LogP contribution in [0.3, 0.4) is 0 Å². The van der Waals surface area contributed by atoms with Gasteiger partial charge in [-0.15, -0.1) is 0 Å². The van der Waals surface area contributed by atoms with E-state index in [-0.39, 0.29) is 11.4 Å². The van der Waals surface area contributed by atoms with E-state index in [0.29, 0.717) is 35.0 Å². The van der Waals surface area contributed by atoms with E-state index in [0.717, 1.165) is 5.56 Å². The van der Waals surface area contributed by atoms with Crippen LogP contribution in [0.4, 0.5) is 11.4 Å². The Hall–Kier alpha value is -5.31. The van der Waals surface area contributed by atoms with Gasteiger partial charge in [0.1, 0.15) is 12.4 Å². The Bertz CT molecular complexity index is 1480. The highest BCUT2D eigenvalue weighted by Gasteiger charge is 2.45. The van der Waals surface area contributed by atoms with Crippen molar-refractivity contribution in [1.29, 1.82) is 5.41 Å². The summed E-state index contributed by atoms with van der Waals surface area (Å²) < 4.78 is 17.4. The maximum Gasteiger partial charge on any atom is 0.305 e. The van der Waals surface area contributed by atoms with Crippen LogP contribution in [0, 0.1) is 5.41 Å². The normalized spacial score (nSPS) is 11.9. The Morgan fingerprint density at radius 2 is 1.50 bits per heavy atom. The Morgan fingerprint density at radius 3 is 2.10 bits per heavy atom. The molecule has 0 aromatic heterocycles. The predicted octanol–water partition coefficient (Wildman–Crippen LogP) is 5.02. The number of methoxy groups -OCH3 is 1. The Balaban J connectivity index is 1.77. The number of esters is 1. The molecule has 0 bridgehead atoms. The van der Waals surface area contributed by atoms with Gasteiger partial charge < -0.3 is 30.6 Å². The lowest BCUT2D eigenvalue weighted by atomic mass is 9.99. The zero-order valence-corrected chi connectivity index (χ0v) is 22.1. The van der Waals surface area contributed by atoms with Crippen LogP contribution in [0.15, 0.2) is 103 Å². The summed E-state index contributed by atoms with van der Waals surface area (Å²) in [4.78, 5) is 26.4. The van der Waals surface area contributed by atoms with Gasteiger partial charge in [0.05, 0.1) is 7.11 Å². The highest BCUT2D eigenvalue weighted by Crippen LogP contribution is 2.37. The second-order valence-electron chi connectivity index (χ2n) is 8.85. The molecule has 0 saturated carbocycles. The van der Waals surface area contributed by atoms with Gasteiger partial charge in [-0.1, -0.05) is 48.5 Å². The van der Waals surface area contributed by atoms with Crippen molar-refractivity contribution in [3.05, 3.63) is 120 Å². The number of nitrogens with one attached hydrogen (secondary N) is 3. The summed E-state index contributed by atoms with van der Waals surface area (Å²) in [6.45, 7) is 1.53. The zero-order valence-electron chi connectivity index (χ0n) is 22.1. The van der Waals surface area contributed by atoms with E-state index >= 15 is 0 Å². The molecular formula is C31H30N4O5. The van der Waals surface area contributed by atoms with Crippen LogP contribution in [0.1, 0.15) is 23.6 Å². The smallest absolute Gasteiger partial charge is 0.305 e. The van der Waals surface area contributed by atoms with Crippen molar-refractivity contribution in [1.82, 2.24) is 0 Å². The molecule has 0 aliphatic rings. The van der Waals surface area contributed by atoms with E-state index in [1.165, 1.54) is 14.0 Å². The van der Waals surface area contributed by atoms with Crippen molar-refractivity contribution in [3.8, 4) is 11.5 Å². The molecule has 4 aromatic carbocycles. The fourth-order valence-electron chi connectivity index (χ4n) is 4.02. The molecule has 1 unspecified atom stereocenters. The summed E-state index contributed by atoms with van der Waals surface area (Å²) >= 11 is 0. The Labute approximate surface area is 232 Å². The van der Waals surface area contributed by atoms with Gasteiger partial charge in [-0.2, -0.15) is 0 Å². The molecule has 5 N–H and O–H groups in total. The highest BCUT2D eigenvalue weighted by molar-refractivity contribution is 6.01. The number of amides is 1. The third-order valence-electron chi connectivity index (χ3n) is 5.97. The molecular weight excluding hydrogens is 508 g/mol. The monoisotopic (exact) mass is 538 g/mol. The van der Waals surface area contributed by atoms with Crippen LogP contribution in [0.25, 0.3) is 0 Å². The molecule has 204 valence electrons. The molecule has 0 aliphatic carbocycles. The lowest BCUT2D eigenvalue weighted by Crippen LogP contribution is -2.50. The number of carbonyl (C=O) groups excluding carboxylic acids is 2. The summed E-state index contributed by atoms with van der Waals surface area (Å²) in [7, 11) is 1.49. The van der Waals surface area contributed by atoms with E-state index in [2.05, 4.69) is 10.6 Å². The lowest BCUT2D eigenvalue weighted by molar-refractivity contribution is -0.162. The topological polar surface area (TPSA) is 136 Å². The molecule has 0 fully saturated rings. The number of rotatable bonds is 11. The van der Waals surface area contributed by atoms with Gasteiger partial charge in [0.2, 0.25) is 0 Å². The first-order valence-electron chi connectivity index (χ1n) is 12.4. The number of ether oxygens (including phenoxy) is 3. The Kier molecular flexibility index (Phi) is 8.65. The summed E-state index contributed by atoms with van der Waals surface area (Å²) in [6.07, 6.45) is 0. The average Bonchev–Trinajstić information content (AvgIpc) is 2.96. The highest BCUT2D eigenvalue weighted by atomic mass is 16.6. The second-order valence-corrected chi connectivity index (χ2v) is 8.85. The van der Waals surface area contributed by atoms with Crippen LogP contribution in [-0.4, -0.2) is 24.8 Å². The lowest BCUT2D eigenvalue weighted by Gasteiger charge is -2.34. The van der Waals surface area contributed by atoms with Crippen molar-refractivity contribution in [2.45, 2.75) is 19.3 Å². The maximum absolute atomic E-state index is 14.0. The quantitative estimate of drug-likeness (QED) is 0.0911. The van der Waals surface area contributed by atoms with Crippen LogP contribution in [0.2, 0.25) is 0 Å². The Morgan fingerprint density at radius 1 is 0.850 bits per heavy atom. The fraction of sp³-hybridized carbons (Fsp3) is 0.129. The fourth-order valence-corrected chi connectivity index (χ4v) is 4.02. The molecule has 4 aromatic rings. The molecule has 9 nitrogen and oxygen atoms in total. The number of hydrogen-bond acceptors (Lipinski definition) is 7. The number of nitrogens with two attached hydrogens (primary N) is 1. The number of hydrogen-bond donors (Lipinski definition) is 4. The molecule has 0 radical (unpaired) electrons.